The SMILES string of the molecule is CCSCCS.SCCOCCS. The first-order valence-corrected chi connectivity index (χ1v) is 7.36. The van der Waals surface area contributed by atoms with Crippen LogP contribution < -0.4 is 0 Å². The Morgan fingerprint density at radius 3 is 1.77 bits per heavy atom. The van der Waals surface area contributed by atoms with Gasteiger partial charge < -0.3 is 4.74 Å². The Labute approximate surface area is 103 Å². The maximum Gasteiger partial charge on any atom is 0.0554 e. The molecule has 13 heavy (non-hydrogen) atoms. The highest BCUT2D eigenvalue weighted by molar-refractivity contribution is 7.99. The van der Waals surface area contributed by atoms with E-state index in [9.17, 15) is 0 Å². The van der Waals surface area contributed by atoms with Crippen LogP contribution in [0.1, 0.15) is 6.92 Å². The third kappa shape index (κ3) is 24.7. The van der Waals surface area contributed by atoms with Gasteiger partial charge in [-0.1, -0.05) is 6.92 Å². The quantitative estimate of drug-likeness (QED) is 0.479. The van der Waals surface area contributed by atoms with Crippen LogP contribution in [0, 0.1) is 0 Å². The summed E-state index contributed by atoms with van der Waals surface area (Å²) in [5.41, 5.74) is 0. The number of thiol groups is 3. The number of hydrogen-bond acceptors (Lipinski definition) is 5. The topological polar surface area (TPSA) is 9.23 Å². The lowest BCUT2D eigenvalue weighted by atomic mass is 10.8. The van der Waals surface area contributed by atoms with Crippen LogP contribution in [0.4, 0.5) is 0 Å². The van der Waals surface area contributed by atoms with Crippen LogP contribution in [0.5, 0.6) is 0 Å². The van der Waals surface area contributed by atoms with Crippen molar-refractivity contribution in [2.45, 2.75) is 6.92 Å². The van der Waals surface area contributed by atoms with E-state index in [0.717, 1.165) is 30.5 Å². The Morgan fingerprint density at radius 2 is 1.54 bits per heavy atom. The fraction of sp³-hybridized carbons (Fsp3) is 1.00. The zero-order chi connectivity index (χ0) is 10.4. The first kappa shape index (κ1) is 16.8. The third-order valence-electron chi connectivity index (χ3n) is 0.911. The minimum absolute atomic E-state index is 0.740. The molecule has 0 aromatic carbocycles. The summed E-state index contributed by atoms with van der Waals surface area (Å²) in [6.45, 7) is 3.64. The highest BCUT2D eigenvalue weighted by atomic mass is 32.2. The molecule has 0 aliphatic carbocycles. The van der Waals surface area contributed by atoms with E-state index in [0.29, 0.717) is 0 Å². The summed E-state index contributed by atoms with van der Waals surface area (Å²) < 4.78 is 4.98. The van der Waals surface area contributed by atoms with Gasteiger partial charge in [0.1, 0.15) is 0 Å². The number of hydrogen-bond donors (Lipinski definition) is 3. The molecule has 0 heterocycles. The molecule has 0 fully saturated rings. The highest BCUT2D eigenvalue weighted by Crippen LogP contribution is 1.96. The molecular formula is C8H20OS4. The predicted octanol–water partition coefficient (Wildman–Crippen LogP) is 2.53. The van der Waals surface area contributed by atoms with Gasteiger partial charge in [-0.2, -0.15) is 49.6 Å². The average molecular weight is 261 g/mol. The van der Waals surface area contributed by atoms with E-state index < -0.39 is 0 Å². The molecule has 0 amide bonds. The second kappa shape index (κ2) is 19.0. The minimum atomic E-state index is 0.740. The van der Waals surface area contributed by atoms with E-state index >= 15 is 0 Å². The minimum Gasteiger partial charge on any atom is -0.380 e. The van der Waals surface area contributed by atoms with Crippen molar-refractivity contribution < 1.29 is 4.74 Å². The fourth-order valence-electron chi connectivity index (χ4n) is 0.440. The largest absolute Gasteiger partial charge is 0.380 e. The van der Waals surface area contributed by atoms with E-state index in [1.807, 2.05) is 11.8 Å². The first-order valence-electron chi connectivity index (χ1n) is 4.31. The van der Waals surface area contributed by atoms with Crippen molar-refractivity contribution in [2.75, 3.05) is 42.0 Å². The lowest BCUT2D eigenvalue weighted by Crippen LogP contribution is -1.97. The first-order chi connectivity index (χ1) is 6.33. The van der Waals surface area contributed by atoms with Crippen LogP contribution in [-0.4, -0.2) is 42.0 Å². The van der Waals surface area contributed by atoms with Crippen molar-refractivity contribution >= 4 is 49.6 Å². The van der Waals surface area contributed by atoms with Gasteiger partial charge in [0.15, 0.2) is 0 Å². The predicted molar refractivity (Wildman–Crippen MR) is 75.4 cm³/mol. The summed E-state index contributed by atoms with van der Waals surface area (Å²) in [5, 5.41) is 0. The fourth-order valence-corrected chi connectivity index (χ4v) is 1.50. The molecule has 5 heteroatoms. The van der Waals surface area contributed by atoms with Gasteiger partial charge in [0.25, 0.3) is 0 Å². The molecular weight excluding hydrogens is 240 g/mol. The zero-order valence-electron chi connectivity index (χ0n) is 8.11. The number of ether oxygens (including phenoxy) is 1. The van der Waals surface area contributed by atoms with Crippen LogP contribution in [0.2, 0.25) is 0 Å². The maximum atomic E-state index is 4.98. The summed E-state index contributed by atoms with van der Waals surface area (Å²) in [7, 11) is 0. The van der Waals surface area contributed by atoms with Crippen molar-refractivity contribution in [3.8, 4) is 0 Å². The molecule has 0 atom stereocenters. The van der Waals surface area contributed by atoms with Crippen LogP contribution in [0.25, 0.3) is 0 Å². The lowest BCUT2D eigenvalue weighted by Gasteiger charge is -1.94. The smallest absolute Gasteiger partial charge is 0.0554 e. The van der Waals surface area contributed by atoms with Gasteiger partial charge in [-0.15, -0.1) is 0 Å². The van der Waals surface area contributed by atoms with E-state index in [4.69, 9.17) is 4.74 Å². The molecule has 0 bridgehead atoms. The zero-order valence-corrected chi connectivity index (χ0v) is 11.6. The van der Waals surface area contributed by atoms with E-state index in [1.165, 1.54) is 11.5 Å². The van der Waals surface area contributed by atoms with Gasteiger partial charge in [-0.25, -0.2) is 0 Å². The Kier molecular flexibility index (Phi) is 24.5. The summed E-state index contributed by atoms with van der Waals surface area (Å²) in [6, 6.07) is 0. The maximum absolute atomic E-state index is 4.98. The molecule has 1 nitrogen and oxygen atoms in total. The molecule has 0 radical (unpaired) electrons. The van der Waals surface area contributed by atoms with Gasteiger partial charge in [0, 0.05) is 17.3 Å². The van der Waals surface area contributed by atoms with Gasteiger partial charge in [0.2, 0.25) is 0 Å². The van der Waals surface area contributed by atoms with E-state index in [-0.39, 0.29) is 0 Å². The van der Waals surface area contributed by atoms with E-state index in [1.54, 1.807) is 0 Å². The summed E-state index contributed by atoms with van der Waals surface area (Å²) in [6.07, 6.45) is 0. The van der Waals surface area contributed by atoms with Crippen molar-refractivity contribution in [3.63, 3.8) is 0 Å². The molecule has 0 unspecified atom stereocenters. The molecule has 0 saturated heterocycles. The van der Waals surface area contributed by atoms with Crippen LogP contribution >= 0.6 is 49.6 Å². The molecule has 0 aromatic heterocycles. The molecule has 0 spiro atoms. The summed E-state index contributed by atoms with van der Waals surface area (Å²) in [4.78, 5) is 0. The Balaban J connectivity index is 0. The molecule has 0 rings (SSSR count). The number of thioether (sulfide) groups is 1. The van der Waals surface area contributed by atoms with Crippen molar-refractivity contribution in [1.29, 1.82) is 0 Å². The monoisotopic (exact) mass is 260 g/mol. The third-order valence-corrected chi connectivity index (χ3v) is 2.70. The summed E-state index contributed by atoms with van der Waals surface area (Å²) in [5.74, 6) is 5.03. The Hall–Kier alpha value is 1.36. The molecule has 0 aliphatic heterocycles. The van der Waals surface area contributed by atoms with Crippen LogP contribution in [0.15, 0.2) is 0 Å². The molecule has 0 N–H and O–H groups in total. The Bertz CT molecular complexity index is 65.2. The second-order valence-electron chi connectivity index (χ2n) is 1.98. The standard InChI is InChI=1S/C4H10OS2.C4H10S2/c6-3-1-5-2-4-7;1-2-6-4-3-5/h6-7H,1-4H2;5H,2-4H2,1H3. The van der Waals surface area contributed by atoms with Crippen molar-refractivity contribution in [2.24, 2.45) is 0 Å². The summed E-state index contributed by atoms with van der Waals surface area (Å²) >= 11 is 13.9. The van der Waals surface area contributed by atoms with E-state index in [2.05, 4.69) is 44.8 Å². The molecule has 0 saturated carbocycles. The van der Waals surface area contributed by atoms with Crippen LogP contribution in [-0.2, 0) is 4.74 Å². The number of rotatable bonds is 7. The molecule has 0 aliphatic rings. The molecule has 0 aromatic rings. The lowest BCUT2D eigenvalue weighted by molar-refractivity contribution is 0.167. The molecule has 82 valence electrons. The van der Waals surface area contributed by atoms with Gasteiger partial charge in [0.05, 0.1) is 13.2 Å². The van der Waals surface area contributed by atoms with Crippen LogP contribution in [0.3, 0.4) is 0 Å². The average Bonchev–Trinajstić information content (AvgIpc) is 2.17. The Morgan fingerprint density at radius 1 is 1.00 bits per heavy atom. The highest BCUT2D eigenvalue weighted by Gasteiger charge is 1.78. The van der Waals surface area contributed by atoms with Gasteiger partial charge >= 0.3 is 0 Å². The van der Waals surface area contributed by atoms with Crippen molar-refractivity contribution in [3.05, 3.63) is 0 Å². The normalized spacial score (nSPS) is 9.23. The second-order valence-corrected chi connectivity index (χ2v) is 4.72. The van der Waals surface area contributed by atoms with Gasteiger partial charge in [-0.3, -0.25) is 0 Å². The van der Waals surface area contributed by atoms with Gasteiger partial charge in [-0.05, 0) is 11.5 Å². The van der Waals surface area contributed by atoms with Crippen molar-refractivity contribution in [1.82, 2.24) is 0 Å².